The van der Waals surface area contributed by atoms with Gasteiger partial charge in [-0.3, -0.25) is 18.6 Å². The summed E-state index contributed by atoms with van der Waals surface area (Å²) in [5.41, 5.74) is 1.23. The van der Waals surface area contributed by atoms with Crippen molar-refractivity contribution in [2.75, 3.05) is 66.1 Å². The van der Waals surface area contributed by atoms with E-state index in [4.69, 9.17) is 4.74 Å². The highest BCUT2D eigenvalue weighted by Gasteiger charge is 2.49. The van der Waals surface area contributed by atoms with Gasteiger partial charge < -0.3 is 29.6 Å². The predicted octanol–water partition coefficient (Wildman–Crippen LogP) is 1.29. The molecule has 3 aliphatic rings. The van der Waals surface area contributed by atoms with Crippen LogP contribution in [-0.4, -0.2) is 115 Å². The zero-order valence-electron chi connectivity index (χ0n) is 23.1. The minimum atomic E-state index is -4.62. The summed E-state index contributed by atoms with van der Waals surface area (Å²) in [4.78, 5) is 38.4. The molecule has 0 bridgehead atoms. The Labute approximate surface area is 235 Å². The van der Waals surface area contributed by atoms with Crippen molar-refractivity contribution in [1.82, 2.24) is 24.3 Å². The lowest BCUT2D eigenvalue weighted by molar-refractivity contribution is -0.118. The summed E-state index contributed by atoms with van der Waals surface area (Å²) in [7, 11) is -7.00. The van der Waals surface area contributed by atoms with Gasteiger partial charge in [-0.2, -0.15) is 4.31 Å². The molecule has 1 aromatic rings. The van der Waals surface area contributed by atoms with Crippen molar-refractivity contribution in [3.8, 4) is 5.75 Å². The minimum absolute atomic E-state index is 0.0640. The smallest absolute Gasteiger partial charge is 0.362 e. The molecule has 40 heavy (non-hydrogen) atoms. The van der Waals surface area contributed by atoms with Crippen LogP contribution in [-0.2, 0) is 19.4 Å². The molecule has 1 amide bonds. The summed E-state index contributed by atoms with van der Waals surface area (Å²) in [6.07, 6.45) is 1.05. The Morgan fingerprint density at radius 2 is 1.85 bits per heavy atom. The van der Waals surface area contributed by atoms with Crippen molar-refractivity contribution in [3.63, 3.8) is 0 Å². The Morgan fingerprint density at radius 1 is 1.15 bits per heavy atom. The summed E-state index contributed by atoms with van der Waals surface area (Å²) < 4.78 is 59.5. The van der Waals surface area contributed by atoms with Gasteiger partial charge in [-0.05, 0) is 43.5 Å². The van der Waals surface area contributed by atoms with Gasteiger partial charge in [0.15, 0.2) is 5.91 Å². The van der Waals surface area contributed by atoms with Gasteiger partial charge in [0.25, 0.3) is 5.91 Å². The molecule has 224 valence electrons. The fourth-order valence-corrected chi connectivity index (χ4v) is 8.44. The third kappa shape index (κ3) is 6.08. The first-order chi connectivity index (χ1) is 18.9. The number of carbonyl (C=O) groups excluding carboxylic acids is 1. The third-order valence-corrected chi connectivity index (χ3v) is 10.7. The number of benzene rings is 1. The van der Waals surface area contributed by atoms with Crippen LogP contribution < -0.4 is 10.1 Å². The van der Waals surface area contributed by atoms with Crippen molar-refractivity contribution in [3.05, 3.63) is 35.0 Å². The summed E-state index contributed by atoms with van der Waals surface area (Å²) in [5.74, 6) is -1.35. The van der Waals surface area contributed by atoms with E-state index < -0.39 is 42.1 Å². The lowest BCUT2D eigenvalue weighted by atomic mass is 9.97. The van der Waals surface area contributed by atoms with Crippen LogP contribution in [0.1, 0.15) is 38.3 Å². The number of ether oxygens (including phenoxy) is 1. The molecule has 3 N–H and O–H groups in total. The zero-order chi connectivity index (χ0) is 29.2. The minimum Gasteiger partial charge on any atom is -0.494 e. The van der Waals surface area contributed by atoms with E-state index >= 15 is 0 Å². The lowest BCUT2D eigenvalue weighted by Crippen LogP contribution is -2.51. The van der Waals surface area contributed by atoms with E-state index in [1.54, 1.807) is 17.9 Å². The Kier molecular flexibility index (Phi) is 9.60. The molecule has 3 heterocycles. The van der Waals surface area contributed by atoms with E-state index in [9.17, 15) is 32.0 Å². The summed E-state index contributed by atoms with van der Waals surface area (Å²) in [6.45, 7) is 6.30. The van der Waals surface area contributed by atoms with Crippen molar-refractivity contribution >= 4 is 23.5 Å². The molecule has 0 radical (unpaired) electrons. The van der Waals surface area contributed by atoms with Crippen molar-refractivity contribution < 1.29 is 36.7 Å². The molecule has 3 aliphatic heterocycles. The van der Waals surface area contributed by atoms with Crippen molar-refractivity contribution in [2.45, 2.75) is 43.5 Å². The number of nitrogens with one attached hydrogen (secondary N) is 1. The van der Waals surface area contributed by atoms with Crippen LogP contribution in [0.3, 0.4) is 0 Å². The van der Waals surface area contributed by atoms with Crippen LogP contribution >= 0.6 is 7.60 Å². The Hall–Kier alpha value is -2.06. The maximum absolute atomic E-state index is 13.6. The molecule has 2 atom stereocenters. The number of hydrogen-bond acceptors (Lipinski definition) is 8. The number of rotatable bonds is 11. The second kappa shape index (κ2) is 12.4. The molecule has 1 saturated heterocycles. The highest BCUT2D eigenvalue weighted by Crippen LogP contribution is 2.50. The number of piperazine rings is 1. The van der Waals surface area contributed by atoms with Gasteiger partial charge in [-0.1, -0.05) is 6.92 Å². The van der Waals surface area contributed by atoms with Gasteiger partial charge in [0, 0.05) is 58.4 Å². The molecule has 0 saturated carbocycles. The fraction of sp³-hybridized carbons (Fsp3) is 0.640. The first-order valence-corrected chi connectivity index (χ1v) is 16.7. The molecule has 0 aliphatic carbocycles. The zero-order valence-corrected chi connectivity index (χ0v) is 24.8. The lowest BCUT2D eigenvalue weighted by Gasteiger charge is -2.43. The van der Waals surface area contributed by atoms with E-state index in [1.165, 1.54) is 28.4 Å². The SMILES string of the molecule is CCCN1CC2=C(C(=O)NC2c2cc(S(=O)(=O)N3CCN(CCCF)CC3)ccc2OCC)N(C)C1P(=O)(O)O. The Balaban J connectivity index is 1.70. The normalized spacial score (nSPS) is 23.4. The van der Waals surface area contributed by atoms with Gasteiger partial charge in [0.05, 0.1) is 24.2 Å². The first-order valence-electron chi connectivity index (χ1n) is 13.5. The fourth-order valence-electron chi connectivity index (χ4n) is 5.79. The molecule has 15 heteroatoms. The number of alkyl halides is 1. The molecular weight excluding hydrogens is 564 g/mol. The number of amides is 1. The van der Waals surface area contributed by atoms with Crippen LogP contribution in [0, 0.1) is 0 Å². The summed E-state index contributed by atoms with van der Waals surface area (Å²) in [5, 5.41) is 2.90. The summed E-state index contributed by atoms with van der Waals surface area (Å²) in [6, 6.07) is 3.86. The largest absolute Gasteiger partial charge is 0.494 e. The van der Waals surface area contributed by atoms with Crippen molar-refractivity contribution in [2.24, 2.45) is 0 Å². The first kappa shape index (κ1) is 30.9. The number of halogens is 1. The molecule has 2 unspecified atom stereocenters. The number of sulfonamides is 1. The number of carbonyl (C=O) groups is 1. The highest BCUT2D eigenvalue weighted by molar-refractivity contribution is 7.89. The molecular formula is C25H39FN5O7PS. The molecule has 0 aromatic heterocycles. The van der Waals surface area contributed by atoms with Crippen LogP contribution in [0.15, 0.2) is 34.4 Å². The topological polar surface area (TPSA) is 143 Å². The van der Waals surface area contributed by atoms with Gasteiger partial charge >= 0.3 is 7.60 Å². The molecule has 1 aromatic carbocycles. The average Bonchev–Trinajstić information content (AvgIpc) is 3.23. The molecule has 4 rings (SSSR count). The van der Waals surface area contributed by atoms with Crippen LogP contribution in [0.4, 0.5) is 4.39 Å². The Morgan fingerprint density at radius 3 is 2.45 bits per heavy atom. The highest BCUT2D eigenvalue weighted by atomic mass is 32.2. The standard InChI is InChI=1S/C25H39FN5O7PS/c1-4-10-30-17-20-22(27-24(32)23(20)28(3)25(30)39(33,34)35)19-16-18(7-8-21(19)38-5-2)40(36,37)31-14-12-29(13-15-31)11-6-9-26/h7-8,16,22,25H,4-6,9-15,17H2,1-3H3,(H,27,32)(H2,33,34,35). The maximum atomic E-state index is 13.6. The van der Waals surface area contributed by atoms with E-state index in [0.717, 1.165) is 0 Å². The van der Waals surface area contributed by atoms with E-state index in [0.29, 0.717) is 62.5 Å². The van der Waals surface area contributed by atoms with E-state index in [2.05, 4.69) is 5.32 Å². The summed E-state index contributed by atoms with van der Waals surface area (Å²) >= 11 is 0. The van der Waals surface area contributed by atoms with Crippen LogP contribution in [0.25, 0.3) is 0 Å². The maximum Gasteiger partial charge on any atom is 0.362 e. The van der Waals surface area contributed by atoms with Gasteiger partial charge in [-0.15, -0.1) is 0 Å². The number of hydrogen-bond donors (Lipinski definition) is 3. The van der Waals surface area contributed by atoms with Crippen molar-refractivity contribution in [1.29, 1.82) is 0 Å². The average molecular weight is 604 g/mol. The molecule has 12 nitrogen and oxygen atoms in total. The second-order valence-electron chi connectivity index (χ2n) is 10.2. The second-order valence-corrected chi connectivity index (χ2v) is 13.8. The quantitative estimate of drug-likeness (QED) is 0.317. The van der Waals surface area contributed by atoms with Crippen LogP contribution in [0.5, 0.6) is 5.75 Å². The van der Waals surface area contributed by atoms with E-state index in [-0.39, 0.29) is 30.2 Å². The number of nitrogens with zero attached hydrogens (tertiary/aromatic N) is 4. The van der Waals surface area contributed by atoms with Gasteiger partial charge in [-0.25, -0.2) is 8.42 Å². The number of likely N-dealkylation sites (N-methyl/N-ethyl adjacent to an activating group) is 1. The van der Waals surface area contributed by atoms with Gasteiger partial charge in [0.1, 0.15) is 11.4 Å². The van der Waals surface area contributed by atoms with Gasteiger partial charge in [0.2, 0.25) is 10.0 Å². The predicted molar refractivity (Wildman–Crippen MR) is 147 cm³/mol. The molecule has 0 spiro atoms. The monoisotopic (exact) mass is 603 g/mol. The Bertz CT molecular complexity index is 1280. The van der Waals surface area contributed by atoms with E-state index in [1.807, 2.05) is 11.8 Å². The third-order valence-electron chi connectivity index (χ3n) is 7.52. The molecule has 1 fully saturated rings. The van der Waals surface area contributed by atoms with Crippen LogP contribution in [0.2, 0.25) is 0 Å².